The molecule has 39 heavy (non-hydrogen) atoms. The predicted molar refractivity (Wildman–Crippen MR) is 151 cm³/mol. The molecule has 0 saturated heterocycles. The number of carbonyl (C=O) groups excluding carboxylic acids is 2. The van der Waals surface area contributed by atoms with E-state index in [1.165, 1.54) is 7.11 Å². The maximum Gasteiger partial charge on any atom is 0.338 e. The van der Waals surface area contributed by atoms with E-state index in [-0.39, 0.29) is 11.8 Å². The van der Waals surface area contributed by atoms with Gasteiger partial charge in [0.2, 0.25) is 0 Å². The Kier molecular flexibility index (Phi) is 8.43. The highest BCUT2D eigenvalue weighted by Gasteiger charge is 2.21. The summed E-state index contributed by atoms with van der Waals surface area (Å²) in [5, 5.41) is 11.7. The molecule has 0 fully saturated rings. The Balaban J connectivity index is 1.75. The number of rotatable bonds is 9. The lowest BCUT2D eigenvalue weighted by atomic mass is 9.98. The average molecular weight is 529 g/mol. The molecule has 4 aromatic rings. The predicted octanol–water partition coefficient (Wildman–Crippen LogP) is 4.67. The number of amides is 1. The smallest absolute Gasteiger partial charge is 0.338 e. The summed E-state index contributed by atoms with van der Waals surface area (Å²) in [6.07, 6.45) is 0. The van der Waals surface area contributed by atoms with Gasteiger partial charge in [-0.25, -0.2) is 15.3 Å². The number of benzene rings is 3. The van der Waals surface area contributed by atoms with Crippen molar-refractivity contribution in [3.8, 4) is 5.88 Å². The van der Waals surface area contributed by atoms with Gasteiger partial charge < -0.3 is 19.7 Å². The van der Waals surface area contributed by atoms with Crippen molar-refractivity contribution in [3.63, 3.8) is 0 Å². The van der Waals surface area contributed by atoms with Crippen LogP contribution in [0, 0.1) is 13.8 Å². The second-order valence-corrected chi connectivity index (χ2v) is 9.46. The molecule has 3 aromatic carbocycles. The Morgan fingerprint density at radius 2 is 1.72 bits per heavy atom. The number of esters is 1. The summed E-state index contributed by atoms with van der Waals surface area (Å²) in [6.45, 7) is 4.70. The molecule has 0 aliphatic heterocycles. The number of ether oxygens (including phenoxy) is 1. The van der Waals surface area contributed by atoms with Gasteiger partial charge in [0, 0.05) is 28.6 Å². The maximum absolute atomic E-state index is 12.6. The molecule has 0 aliphatic rings. The van der Waals surface area contributed by atoms with Crippen LogP contribution >= 0.6 is 0 Å². The third-order valence-corrected chi connectivity index (χ3v) is 6.31. The first kappa shape index (κ1) is 27.6. The standard InChI is InChI=1S/C30H32N4O5/c1-18-15-21(11-12-22(18)28(35)33-39-14-13-34(3)4)31-27(20-9-7-6-8-10-20)26-24-16-19(2)23(30(37)38-5)17-25(24)32-29(26)36/h6-12,15-17,32,36H,13-14H2,1-5H3,(H,33,35). The molecule has 0 spiro atoms. The van der Waals surface area contributed by atoms with Gasteiger partial charge in [-0.05, 0) is 69.4 Å². The zero-order chi connectivity index (χ0) is 28.1. The monoisotopic (exact) mass is 528 g/mol. The summed E-state index contributed by atoms with van der Waals surface area (Å²) in [5.74, 6) is -0.863. The van der Waals surface area contributed by atoms with Gasteiger partial charge in [0.05, 0.1) is 36.2 Å². The quantitative estimate of drug-likeness (QED) is 0.126. The first-order valence-corrected chi connectivity index (χ1v) is 12.4. The van der Waals surface area contributed by atoms with Crippen LogP contribution < -0.4 is 5.48 Å². The highest BCUT2D eigenvalue weighted by Crippen LogP contribution is 2.33. The fourth-order valence-corrected chi connectivity index (χ4v) is 4.27. The minimum absolute atomic E-state index is 0.0726. The highest BCUT2D eigenvalue weighted by atomic mass is 16.7. The zero-order valence-electron chi connectivity index (χ0n) is 22.7. The molecular formula is C30H32N4O5. The number of aryl methyl sites for hydroxylation is 2. The Morgan fingerprint density at radius 3 is 2.38 bits per heavy atom. The van der Waals surface area contributed by atoms with Crippen molar-refractivity contribution in [3.05, 3.63) is 94.0 Å². The van der Waals surface area contributed by atoms with E-state index in [9.17, 15) is 14.7 Å². The van der Waals surface area contributed by atoms with Gasteiger partial charge in [0.25, 0.3) is 5.91 Å². The lowest BCUT2D eigenvalue weighted by Gasteiger charge is -2.12. The van der Waals surface area contributed by atoms with Crippen molar-refractivity contribution in [2.45, 2.75) is 13.8 Å². The molecule has 1 aromatic heterocycles. The van der Waals surface area contributed by atoms with Gasteiger partial charge in [-0.3, -0.25) is 9.63 Å². The first-order chi connectivity index (χ1) is 18.7. The van der Waals surface area contributed by atoms with Crippen LogP contribution in [0.15, 0.2) is 65.7 Å². The largest absolute Gasteiger partial charge is 0.494 e. The summed E-state index contributed by atoms with van der Waals surface area (Å²) in [5.41, 5.74) is 7.81. The Bertz CT molecular complexity index is 1540. The van der Waals surface area contributed by atoms with E-state index < -0.39 is 5.97 Å². The fourth-order valence-electron chi connectivity index (χ4n) is 4.27. The van der Waals surface area contributed by atoms with Gasteiger partial charge >= 0.3 is 5.97 Å². The highest BCUT2D eigenvalue weighted by molar-refractivity contribution is 6.22. The summed E-state index contributed by atoms with van der Waals surface area (Å²) in [4.78, 5) is 40.0. The molecule has 9 heteroatoms. The lowest BCUT2D eigenvalue weighted by molar-refractivity contribution is 0.0262. The number of aromatic amines is 1. The number of aliphatic imine (C=N–C) groups is 1. The molecule has 4 rings (SSSR count). The van der Waals surface area contributed by atoms with Crippen LogP contribution in [-0.2, 0) is 9.57 Å². The number of aromatic hydroxyl groups is 1. The molecule has 1 amide bonds. The maximum atomic E-state index is 12.6. The van der Waals surface area contributed by atoms with Gasteiger partial charge in [0.15, 0.2) is 5.88 Å². The summed E-state index contributed by atoms with van der Waals surface area (Å²) in [7, 11) is 5.18. The van der Waals surface area contributed by atoms with Crippen molar-refractivity contribution >= 4 is 34.2 Å². The van der Waals surface area contributed by atoms with Crippen LogP contribution in [-0.4, -0.2) is 66.9 Å². The fraction of sp³-hybridized carbons (Fsp3) is 0.233. The molecule has 9 nitrogen and oxygen atoms in total. The molecule has 0 saturated carbocycles. The van der Waals surface area contributed by atoms with Crippen LogP contribution in [0.2, 0.25) is 0 Å². The number of fused-ring (bicyclic) bond motifs is 1. The van der Waals surface area contributed by atoms with Crippen molar-refractivity contribution in [2.24, 2.45) is 4.99 Å². The van der Waals surface area contributed by atoms with E-state index in [1.54, 1.807) is 18.2 Å². The summed E-state index contributed by atoms with van der Waals surface area (Å²) >= 11 is 0. The number of hydroxylamine groups is 1. The number of nitrogens with zero attached hydrogens (tertiary/aromatic N) is 2. The van der Waals surface area contributed by atoms with Gasteiger partial charge in [-0.15, -0.1) is 0 Å². The van der Waals surface area contributed by atoms with Gasteiger partial charge in [-0.2, -0.15) is 0 Å². The molecule has 0 aliphatic carbocycles. The minimum Gasteiger partial charge on any atom is -0.494 e. The minimum atomic E-state index is -0.454. The van der Waals surface area contributed by atoms with Crippen LogP contribution in [0.1, 0.15) is 43.0 Å². The number of methoxy groups -OCH3 is 1. The number of carbonyl (C=O) groups is 2. The number of likely N-dealkylation sites (N-methyl/N-ethyl adjacent to an activating group) is 1. The van der Waals surface area contributed by atoms with Gasteiger partial charge in [0.1, 0.15) is 0 Å². The molecule has 1 heterocycles. The molecule has 0 bridgehead atoms. The van der Waals surface area contributed by atoms with E-state index in [2.05, 4.69) is 10.5 Å². The molecule has 202 valence electrons. The normalized spacial score (nSPS) is 11.7. The summed E-state index contributed by atoms with van der Waals surface area (Å²) < 4.78 is 4.90. The second-order valence-electron chi connectivity index (χ2n) is 9.46. The Hall–Kier alpha value is -4.47. The molecule has 0 radical (unpaired) electrons. The second kappa shape index (κ2) is 11.9. The summed E-state index contributed by atoms with van der Waals surface area (Å²) in [6, 6.07) is 18.3. The average Bonchev–Trinajstić information content (AvgIpc) is 3.23. The van der Waals surface area contributed by atoms with Crippen LogP contribution in [0.4, 0.5) is 5.69 Å². The number of aromatic nitrogens is 1. The third-order valence-electron chi connectivity index (χ3n) is 6.31. The molecule has 3 N–H and O–H groups in total. The van der Waals surface area contributed by atoms with Crippen molar-refractivity contribution < 1.29 is 24.3 Å². The first-order valence-electron chi connectivity index (χ1n) is 12.4. The number of H-pyrrole nitrogens is 1. The Morgan fingerprint density at radius 1 is 1.00 bits per heavy atom. The lowest BCUT2D eigenvalue weighted by Crippen LogP contribution is -2.28. The number of nitrogens with one attached hydrogen (secondary N) is 2. The van der Waals surface area contributed by atoms with Crippen LogP contribution in [0.25, 0.3) is 10.9 Å². The van der Waals surface area contributed by atoms with Crippen molar-refractivity contribution in [1.29, 1.82) is 0 Å². The molecular weight excluding hydrogens is 496 g/mol. The number of hydrogen-bond donors (Lipinski definition) is 3. The topological polar surface area (TPSA) is 116 Å². The van der Waals surface area contributed by atoms with Crippen LogP contribution in [0.3, 0.4) is 0 Å². The third kappa shape index (κ3) is 6.17. The SMILES string of the molecule is COC(=O)c1cc2[nH]c(O)c(C(=Nc3ccc(C(=O)NOCCN(C)C)c(C)c3)c3ccccc3)c2cc1C. The van der Waals surface area contributed by atoms with Crippen molar-refractivity contribution in [2.75, 3.05) is 34.4 Å². The van der Waals surface area contributed by atoms with Crippen molar-refractivity contribution in [1.82, 2.24) is 15.4 Å². The zero-order valence-corrected chi connectivity index (χ0v) is 22.7. The van der Waals surface area contributed by atoms with E-state index >= 15 is 0 Å². The Labute approximate surface area is 227 Å². The van der Waals surface area contributed by atoms with E-state index in [0.29, 0.717) is 57.7 Å². The van der Waals surface area contributed by atoms with E-state index in [0.717, 1.165) is 11.1 Å². The van der Waals surface area contributed by atoms with E-state index in [1.807, 2.05) is 75.3 Å². The molecule has 0 unspecified atom stereocenters. The van der Waals surface area contributed by atoms with E-state index in [4.69, 9.17) is 14.6 Å². The molecule has 0 atom stereocenters. The number of hydrogen-bond acceptors (Lipinski definition) is 7. The van der Waals surface area contributed by atoms with Gasteiger partial charge in [-0.1, -0.05) is 30.3 Å². The van der Waals surface area contributed by atoms with Crippen LogP contribution in [0.5, 0.6) is 5.88 Å².